The highest BCUT2D eigenvalue weighted by atomic mass is 16.6. The first kappa shape index (κ1) is 72.1. The molecular weight excluding hydrogens is 925 g/mol. The van der Waals surface area contributed by atoms with Crippen molar-refractivity contribution in [2.24, 2.45) is 0 Å². The van der Waals surface area contributed by atoms with Gasteiger partial charge in [0.2, 0.25) is 0 Å². The highest BCUT2D eigenvalue weighted by molar-refractivity contribution is 5.71. The molecule has 6 nitrogen and oxygen atoms in total. The van der Waals surface area contributed by atoms with Crippen molar-refractivity contribution in [1.82, 2.24) is 0 Å². The molecule has 0 aromatic carbocycles. The van der Waals surface area contributed by atoms with Crippen LogP contribution in [0.5, 0.6) is 0 Å². The Morgan fingerprint density at radius 1 is 0.267 bits per heavy atom. The van der Waals surface area contributed by atoms with Crippen LogP contribution < -0.4 is 0 Å². The van der Waals surface area contributed by atoms with E-state index in [1.807, 2.05) is 0 Å². The van der Waals surface area contributed by atoms with Gasteiger partial charge in [-0.25, -0.2) is 0 Å². The van der Waals surface area contributed by atoms with Crippen LogP contribution in [0.3, 0.4) is 0 Å². The lowest BCUT2D eigenvalue weighted by Gasteiger charge is -2.18. The monoisotopic (exact) mass is 1050 g/mol. The van der Waals surface area contributed by atoms with Crippen LogP contribution in [0.15, 0.2) is 60.8 Å². The van der Waals surface area contributed by atoms with Gasteiger partial charge in [-0.05, 0) is 109 Å². The molecule has 0 aliphatic heterocycles. The van der Waals surface area contributed by atoms with Crippen LogP contribution in [0.4, 0.5) is 0 Å². The van der Waals surface area contributed by atoms with E-state index in [0.717, 1.165) is 77.0 Å². The van der Waals surface area contributed by atoms with E-state index in [1.165, 1.54) is 225 Å². The van der Waals surface area contributed by atoms with Crippen molar-refractivity contribution in [2.75, 3.05) is 13.2 Å². The maximum atomic E-state index is 12.9. The molecule has 1 unspecified atom stereocenters. The number of rotatable bonds is 60. The van der Waals surface area contributed by atoms with Crippen molar-refractivity contribution in [1.29, 1.82) is 0 Å². The van der Waals surface area contributed by atoms with Crippen LogP contribution >= 0.6 is 0 Å². The molecule has 0 aliphatic carbocycles. The number of carbonyl (C=O) groups is 3. The zero-order chi connectivity index (χ0) is 54.3. The summed E-state index contributed by atoms with van der Waals surface area (Å²) in [5, 5.41) is 0. The SMILES string of the molecule is CCCCCCC/C=C\C/C=C\C/C=C\CCCCCCCCC(=O)OCC(COC(=O)CCCCCCCCC/C=C\CCCCCCCCC)OC(=O)CCCCCCCCC/C=C\CCCCCCCCC. The minimum absolute atomic E-state index is 0.0808. The Kier molecular flexibility index (Phi) is 61.2. The van der Waals surface area contributed by atoms with Gasteiger partial charge < -0.3 is 14.2 Å². The van der Waals surface area contributed by atoms with Gasteiger partial charge in [0, 0.05) is 19.3 Å². The van der Waals surface area contributed by atoms with Crippen molar-refractivity contribution in [2.45, 2.75) is 348 Å². The summed E-state index contributed by atoms with van der Waals surface area (Å²) in [5.41, 5.74) is 0. The van der Waals surface area contributed by atoms with Gasteiger partial charge in [-0.2, -0.15) is 0 Å². The summed E-state index contributed by atoms with van der Waals surface area (Å²) in [4.78, 5) is 38.4. The molecule has 0 fully saturated rings. The minimum atomic E-state index is -0.785. The number of hydrogen-bond donors (Lipinski definition) is 0. The van der Waals surface area contributed by atoms with E-state index < -0.39 is 6.10 Å². The molecule has 0 heterocycles. The molecule has 0 saturated carbocycles. The molecular formula is C69H124O6. The number of hydrogen-bond acceptors (Lipinski definition) is 6. The second-order valence-corrected chi connectivity index (χ2v) is 22.0. The average molecular weight is 1050 g/mol. The molecule has 0 spiro atoms. The lowest BCUT2D eigenvalue weighted by molar-refractivity contribution is -0.167. The highest BCUT2D eigenvalue weighted by Gasteiger charge is 2.19. The molecule has 0 radical (unpaired) electrons. The third kappa shape index (κ3) is 61.8. The topological polar surface area (TPSA) is 78.9 Å². The van der Waals surface area contributed by atoms with Crippen LogP contribution in [0.1, 0.15) is 342 Å². The Morgan fingerprint density at radius 3 is 0.760 bits per heavy atom. The lowest BCUT2D eigenvalue weighted by Crippen LogP contribution is -2.30. The number of carbonyl (C=O) groups excluding carboxylic acids is 3. The van der Waals surface area contributed by atoms with E-state index in [1.54, 1.807) is 0 Å². The van der Waals surface area contributed by atoms with E-state index in [4.69, 9.17) is 14.2 Å². The normalized spacial score (nSPS) is 12.4. The molecule has 0 aliphatic rings. The van der Waals surface area contributed by atoms with Gasteiger partial charge in [0.05, 0.1) is 0 Å². The third-order valence-electron chi connectivity index (χ3n) is 14.5. The summed E-state index contributed by atoms with van der Waals surface area (Å²) in [6.07, 6.45) is 80.8. The molecule has 436 valence electrons. The molecule has 0 amide bonds. The van der Waals surface area contributed by atoms with Crippen molar-refractivity contribution in [3.8, 4) is 0 Å². The van der Waals surface area contributed by atoms with Crippen molar-refractivity contribution < 1.29 is 28.6 Å². The summed E-state index contributed by atoms with van der Waals surface area (Å²) in [6, 6.07) is 0. The third-order valence-corrected chi connectivity index (χ3v) is 14.5. The average Bonchev–Trinajstić information content (AvgIpc) is 3.41. The first-order valence-electron chi connectivity index (χ1n) is 32.8. The van der Waals surface area contributed by atoms with Gasteiger partial charge in [-0.15, -0.1) is 0 Å². The van der Waals surface area contributed by atoms with Crippen LogP contribution in [0.2, 0.25) is 0 Å². The van der Waals surface area contributed by atoms with Crippen molar-refractivity contribution >= 4 is 17.9 Å². The van der Waals surface area contributed by atoms with Crippen LogP contribution in [-0.2, 0) is 28.6 Å². The predicted octanol–water partition coefficient (Wildman–Crippen LogP) is 22.3. The summed E-state index contributed by atoms with van der Waals surface area (Å²) in [5.74, 6) is -0.884. The fourth-order valence-corrected chi connectivity index (χ4v) is 9.50. The van der Waals surface area contributed by atoms with Crippen LogP contribution in [-0.4, -0.2) is 37.2 Å². The Balaban J connectivity index is 4.39. The molecule has 0 saturated heterocycles. The van der Waals surface area contributed by atoms with E-state index in [2.05, 4.69) is 81.5 Å². The summed E-state index contributed by atoms with van der Waals surface area (Å²) in [6.45, 7) is 6.65. The second-order valence-electron chi connectivity index (χ2n) is 22.0. The molecule has 0 aromatic rings. The van der Waals surface area contributed by atoms with E-state index in [-0.39, 0.29) is 31.1 Å². The molecule has 0 aromatic heterocycles. The largest absolute Gasteiger partial charge is 0.462 e. The maximum Gasteiger partial charge on any atom is 0.306 e. The van der Waals surface area contributed by atoms with Gasteiger partial charge in [0.1, 0.15) is 13.2 Å². The quantitative estimate of drug-likeness (QED) is 0.0261. The van der Waals surface area contributed by atoms with Crippen molar-refractivity contribution in [3.05, 3.63) is 60.8 Å². The van der Waals surface area contributed by atoms with E-state index in [0.29, 0.717) is 19.3 Å². The van der Waals surface area contributed by atoms with Gasteiger partial charge >= 0.3 is 17.9 Å². The van der Waals surface area contributed by atoms with E-state index in [9.17, 15) is 14.4 Å². The first-order valence-corrected chi connectivity index (χ1v) is 32.8. The van der Waals surface area contributed by atoms with Gasteiger partial charge in [-0.1, -0.05) is 274 Å². The summed E-state index contributed by atoms with van der Waals surface area (Å²) >= 11 is 0. The zero-order valence-electron chi connectivity index (χ0n) is 50.1. The predicted molar refractivity (Wildman–Crippen MR) is 325 cm³/mol. The molecule has 0 N–H and O–H groups in total. The first-order chi connectivity index (χ1) is 37.0. The molecule has 75 heavy (non-hydrogen) atoms. The van der Waals surface area contributed by atoms with Crippen LogP contribution in [0, 0.1) is 0 Å². The number of allylic oxidation sites excluding steroid dienone is 10. The fraction of sp³-hybridized carbons (Fsp3) is 0.812. The zero-order valence-corrected chi connectivity index (χ0v) is 50.1. The van der Waals surface area contributed by atoms with Crippen LogP contribution in [0.25, 0.3) is 0 Å². The Bertz CT molecular complexity index is 1340. The Labute approximate surface area is 466 Å². The molecule has 0 bridgehead atoms. The Morgan fingerprint density at radius 2 is 0.480 bits per heavy atom. The molecule has 1 atom stereocenters. The number of ether oxygens (including phenoxy) is 3. The van der Waals surface area contributed by atoms with Gasteiger partial charge in [0.15, 0.2) is 6.10 Å². The van der Waals surface area contributed by atoms with Gasteiger partial charge in [-0.3, -0.25) is 14.4 Å². The number of unbranched alkanes of at least 4 members (excludes halogenated alkanes) is 39. The standard InChI is InChI=1S/C69H124O6/c1-4-7-10-13-16-19-22-25-28-31-34-35-36-39-41-44-47-50-53-56-59-62-68(71)74-65-66(75-69(72)63-60-57-54-51-48-45-42-38-33-30-27-24-21-18-15-12-9-6-3)64-73-67(70)61-58-55-52-49-46-43-40-37-32-29-26-23-20-17-14-11-8-5-2/h22,25,29-34,36,39,66H,4-21,23-24,26-28,35,37-38,40-65H2,1-3H3/b25-22-,32-29-,33-30-,34-31-,39-36-. The summed E-state index contributed by atoms with van der Waals surface area (Å²) in [7, 11) is 0. The fourth-order valence-electron chi connectivity index (χ4n) is 9.50. The highest BCUT2D eigenvalue weighted by Crippen LogP contribution is 2.16. The van der Waals surface area contributed by atoms with E-state index >= 15 is 0 Å². The molecule has 6 heteroatoms. The summed E-state index contributed by atoms with van der Waals surface area (Å²) < 4.78 is 16.9. The van der Waals surface area contributed by atoms with Crippen molar-refractivity contribution in [3.63, 3.8) is 0 Å². The Hall–Kier alpha value is -2.89. The smallest absolute Gasteiger partial charge is 0.306 e. The second kappa shape index (κ2) is 63.6. The lowest BCUT2D eigenvalue weighted by atomic mass is 10.1. The minimum Gasteiger partial charge on any atom is -0.462 e. The van der Waals surface area contributed by atoms with Gasteiger partial charge in [0.25, 0.3) is 0 Å². The maximum absolute atomic E-state index is 12.9. The number of esters is 3. The molecule has 0 rings (SSSR count).